The summed E-state index contributed by atoms with van der Waals surface area (Å²) < 4.78 is 62.0. The molecule has 2 N–H and O–H groups in total. The minimum Gasteiger partial charge on any atom is -0.390 e. The largest absolute Gasteiger partial charge is 0.408 e. The van der Waals surface area contributed by atoms with Gasteiger partial charge in [-0.2, -0.15) is 18.3 Å². The lowest BCUT2D eigenvalue weighted by Crippen LogP contribution is -2.33. The van der Waals surface area contributed by atoms with E-state index in [0.717, 1.165) is 6.20 Å². The molecule has 0 unspecified atom stereocenters. The van der Waals surface area contributed by atoms with E-state index in [1.165, 1.54) is 0 Å². The summed E-state index contributed by atoms with van der Waals surface area (Å²) in [6, 6.07) is 0. The van der Waals surface area contributed by atoms with E-state index in [9.17, 15) is 26.7 Å². The van der Waals surface area contributed by atoms with E-state index in [1.54, 1.807) is 0 Å². The number of halogens is 6. The second kappa shape index (κ2) is 5.92. The second-order valence-electron chi connectivity index (χ2n) is 3.82. The molecule has 0 aliphatic carbocycles. The molecule has 1 rings (SSSR count). The predicted molar refractivity (Wildman–Crippen MR) is 60.1 cm³/mol. The van der Waals surface area contributed by atoms with E-state index in [2.05, 4.69) is 5.10 Å². The molecule has 0 amide bonds. The maximum absolute atomic E-state index is 12.8. The number of rotatable bonds is 5. The first-order chi connectivity index (χ1) is 9.06. The average molecular weight is 322 g/mol. The molecule has 0 aliphatic rings. The molecule has 0 atom stereocenters. The van der Waals surface area contributed by atoms with Gasteiger partial charge in [0.25, 0.3) is 11.5 Å². The quantitative estimate of drug-likeness (QED) is 0.807. The van der Waals surface area contributed by atoms with Gasteiger partial charge < -0.3 is 10.4 Å². The van der Waals surface area contributed by atoms with Crippen LogP contribution in [0.25, 0.3) is 0 Å². The highest BCUT2D eigenvalue weighted by atomic mass is 35.5. The molecule has 1 heterocycles. The van der Waals surface area contributed by atoms with Crippen LogP contribution >= 0.6 is 11.6 Å². The molecule has 0 aliphatic heterocycles. The number of aliphatic hydroxyl groups excluding tert-OH is 1. The summed E-state index contributed by atoms with van der Waals surface area (Å²) in [5.74, 6) is -3.47. The van der Waals surface area contributed by atoms with Crippen LogP contribution in [-0.2, 0) is 6.54 Å². The van der Waals surface area contributed by atoms with E-state index < -0.39 is 42.4 Å². The molecular weight excluding hydrogens is 313 g/mol. The molecule has 0 radical (unpaired) electrons. The third-order valence-electron chi connectivity index (χ3n) is 2.08. The minimum atomic E-state index is -4.67. The van der Waals surface area contributed by atoms with Gasteiger partial charge in [-0.3, -0.25) is 4.79 Å². The minimum absolute atomic E-state index is 0.0672. The van der Waals surface area contributed by atoms with Gasteiger partial charge in [-0.25, -0.2) is 13.5 Å². The number of alkyl halides is 5. The third kappa shape index (κ3) is 4.60. The molecule has 11 heteroatoms. The van der Waals surface area contributed by atoms with Crippen LogP contribution in [0, 0.1) is 0 Å². The molecule has 0 saturated carbocycles. The molecule has 1 aromatic rings. The van der Waals surface area contributed by atoms with E-state index in [-0.39, 0.29) is 10.4 Å². The molecule has 114 valence electrons. The lowest BCUT2D eigenvalue weighted by atomic mass is 10.3. The Hall–Kier alpha value is -1.42. The van der Waals surface area contributed by atoms with Crippen molar-refractivity contribution in [1.29, 1.82) is 0 Å². The summed E-state index contributed by atoms with van der Waals surface area (Å²) >= 11 is 5.49. The smallest absolute Gasteiger partial charge is 0.390 e. The maximum Gasteiger partial charge on any atom is 0.408 e. The summed E-state index contributed by atoms with van der Waals surface area (Å²) in [4.78, 5) is 11.5. The Balaban J connectivity index is 2.93. The SMILES string of the molecule is O=c1c(Cl)c(NCC(F)(F)CO)cnn1CC(F)(F)F. The Kier molecular flexibility index (Phi) is 4.92. The monoisotopic (exact) mass is 321 g/mol. The predicted octanol–water partition coefficient (Wildman–Crippen LogP) is 1.50. The van der Waals surface area contributed by atoms with Crippen LogP contribution in [0.5, 0.6) is 0 Å². The van der Waals surface area contributed by atoms with Crippen molar-refractivity contribution in [2.75, 3.05) is 18.5 Å². The first-order valence-corrected chi connectivity index (χ1v) is 5.48. The Morgan fingerprint density at radius 1 is 1.35 bits per heavy atom. The summed E-state index contributed by atoms with van der Waals surface area (Å²) in [7, 11) is 0. The topological polar surface area (TPSA) is 67.2 Å². The Morgan fingerprint density at radius 2 is 1.95 bits per heavy atom. The highest BCUT2D eigenvalue weighted by Crippen LogP contribution is 2.20. The van der Waals surface area contributed by atoms with Crippen molar-refractivity contribution >= 4 is 17.3 Å². The van der Waals surface area contributed by atoms with Crippen LogP contribution in [0.1, 0.15) is 0 Å². The van der Waals surface area contributed by atoms with Crippen molar-refractivity contribution in [1.82, 2.24) is 9.78 Å². The van der Waals surface area contributed by atoms with Crippen molar-refractivity contribution in [3.8, 4) is 0 Å². The number of hydrogen-bond acceptors (Lipinski definition) is 4. The van der Waals surface area contributed by atoms with Gasteiger partial charge in [0.2, 0.25) is 0 Å². The highest BCUT2D eigenvalue weighted by molar-refractivity contribution is 6.32. The van der Waals surface area contributed by atoms with Crippen molar-refractivity contribution in [2.45, 2.75) is 18.6 Å². The van der Waals surface area contributed by atoms with Crippen LogP contribution < -0.4 is 10.9 Å². The molecule has 0 spiro atoms. The summed E-state index contributed by atoms with van der Waals surface area (Å²) in [5, 5.41) is 12.9. The van der Waals surface area contributed by atoms with Gasteiger partial charge in [-0.15, -0.1) is 0 Å². The van der Waals surface area contributed by atoms with Gasteiger partial charge in [0.1, 0.15) is 18.2 Å². The van der Waals surface area contributed by atoms with Crippen molar-refractivity contribution in [3.63, 3.8) is 0 Å². The Morgan fingerprint density at radius 3 is 2.45 bits per heavy atom. The van der Waals surface area contributed by atoms with Gasteiger partial charge >= 0.3 is 6.18 Å². The number of aliphatic hydroxyl groups is 1. The molecule has 0 fully saturated rings. The fraction of sp³-hybridized carbons (Fsp3) is 0.556. The highest BCUT2D eigenvalue weighted by Gasteiger charge is 2.30. The molecule has 1 aromatic heterocycles. The normalized spacial score (nSPS) is 12.6. The molecule has 20 heavy (non-hydrogen) atoms. The van der Waals surface area contributed by atoms with Gasteiger partial charge in [-0.05, 0) is 0 Å². The van der Waals surface area contributed by atoms with Crippen LogP contribution in [0.15, 0.2) is 11.0 Å². The van der Waals surface area contributed by atoms with Crippen LogP contribution in [0.4, 0.5) is 27.6 Å². The lowest BCUT2D eigenvalue weighted by molar-refractivity contribution is -0.143. The number of aromatic nitrogens is 2. The molecule has 0 bridgehead atoms. The number of anilines is 1. The zero-order valence-corrected chi connectivity index (χ0v) is 10.5. The van der Waals surface area contributed by atoms with E-state index in [4.69, 9.17) is 16.7 Å². The van der Waals surface area contributed by atoms with E-state index in [0.29, 0.717) is 0 Å². The molecular formula is C9H9ClF5N3O2. The van der Waals surface area contributed by atoms with Crippen molar-refractivity contribution < 1.29 is 27.1 Å². The third-order valence-corrected chi connectivity index (χ3v) is 2.45. The number of hydrogen-bond donors (Lipinski definition) is 2. The molecule has 0 saturated heterocycles. The van der Waals surface area contributed by atoms with Crippen LogP contribution in [-0.4, -0.2) is 40.1 Å². The number of nitrogens with one attached hydrogen (secondary N) is 1. The summed E-state index contributed by atoms with van der Waals surface area (Å²) in [5.41, 5.74) is -1.61. The first-order valence-electron chi connectivity index (χ1n) is 5.11. The van der Waals surface area contributed by atoms with Crippen molar-refractivity contribution in [2.24, 2.45) is 0 Å². The van der Waals surface area contributed by atoms with Gasteiger partial charge in [0, 0.05) is 0 Å². The van der Waals surface area contributed by atoms with Crippen LogP contribution in [0.3, 0.4) is 0 Å². The van der Waals surface area contributed by atoms with Gasteiger partial charge in [0.15, 0.2) is 0 Å². The Bertz CT molecular complexity index is 531. The zero-order chi connectivity index (χ0) is 15.6. The van der Waals surface area contributed by atoms with Crippen molar-refractivity contribution in [3.05, 3.63) is 21.6 Å². The zero-order valence-electron chi connectivity index (χ0n) is 9.72. The molecule has 5 nitrogen and oxygen atoms in total. The van der Waals surface area contributed by atoms with E-state index >= 15 is 0 Å². The average Bonchev–Trinajstić information content (AvgIpc) is 2.33. The second-order valence-corrected chi connectivity index (χ2v) is 4.20. The summed E-state index contributed by atoms with van der Waals surface area (Å²) in [6.07, 6.45) is -3.94. The fourth-order valence-corrected chi connectivity index (χ4v) is 1.36. The standard InChI is InChI=1S/C9H9ClF5N3O2/c10-6-5(16-2-8(11,12)4-19)1-17-18(7(6)20)3-9(13,14)15/h1,16,19H,2-4H2. The maximum atomic E-state index is 12.8. The van der Waals surface area contributed by atoms with Gasteiger partial charge in [-0.1, -0.05) is 11.6 Å². The van der Waals surface area contributed by atoms with Gasteiger partial charge in [0.05, 0.1) is 18.4 Å². The summed E-state index contributed by atoms with van der Waals surface area (Å²) in [6.45, 7) is -4.12. The fourth-order valence-electron chi connectivity index (χ4n) is 1.15. The van der Waals surface area contributed by atoms with E-state index in [1.807, 2.05) is 5.32 Å². The van der Waals surface area contributed by atoms with Crippen LogP contribution in [0.2, 0.25) is 5.02 Å². The lowest BCUT2D eigenvalue weighted by Gasteiger charge is -2.16. The number of nitrogens with zero attached hydrogens (tertiary/aromatic N) is 2. The Labute approximate surface area is 114 Å². The molecule has 0 aromatic carbocycles. The first kappa shape index (κ1) is 16.6.